The van der Waals surface area contributed by atoms with Crippen LogP contribution in [0.1, 0.15) is 23.2 Å². The van der Waals surface area contributed by atoms with E-state index in [1.807, 2.05) is 30.3 Å². The zero-order valence-corrected chi connectivity index (χ0v) is 13.6. The van der Waals surface area contributed by atoms with Gasteiger partial charge in [-0.25, -0.2) is 0 Å². The number of amides is 1. The van der Waals surface area contributed by atoms with Crippen LogP contribution < -0.4 is 10.1 Å². The zero-order valence-electron chi connectivity index (χ0n) is 13.6. The van der Waals surface area contributed by atoms with Crippen molar-refractivity contribution in [3.05, 3.63) is 60.2 Å². The van der Waals surface area contributed by atoms with Crippen LogP contribution >= 0.6 is 0 Å². The molecule has 0 aromatic heterocycles. The summed E-state index contributed by atoms with van der Waals surface area (Å²) in [6.07, 6.45) is 0.310. The molecule has 3 rings (SSSR count). The zero-order chi connectivity index (χ0) is 17.7. The van der Waals surface area contributed by atoms with Gasteiger partial charge in [-0.1, -0.05) is 24.3 Å². The first kappa shape index (κ1) is 17.0. The van der Waals surface area contributed by atoms with Crippen LogP contribution in [-0.4, -0.2) is 35.7 Å². The largest absolute Gasteiger partial charge is 0.481 e. The van der Waals surface area contributed by atoms with E-state index in [4.69, 9.17) is 14.6 Å². The summed E-state index contributed by atoms with van der Waals surface area (Å²) in [5.74, 6) is -0.0994. The summed E-state index contributed by atoms with van der Waals surface area (Å²) >= 11 is 0. The molecule has 1 fully saturated rings. The van der Waals surface area contributed by atoms with E-state index in [9.17, 15) is 9.59 Å². The number of ether oxygens (including phenoxy) is 2. The average Bonchev–Trinajstić information content (AvgIpc) is 3.03. The first-order valence-corrected chi connectivity index (χ1v) is 8.01. The van der Waals surface area contributed by atoms with Crippen LogP contribution in [0.25, 0.3) is 0 Å². The SMILES string of the molecule is O=C(O)CC1(NC(=O)c2cccc(Oc3ccccc3)c2)CCOC1. The van der Waals surface area contributed by atoms with Gasteiger partial charge in [-0.2, -0.15) is 0 Å². The number of aliphatic carboxylic acids is 1. The van der Waals surface area contributed by atoms with Gasteiger partial charge in [0.05, 0.1) is 18.6 Å². The highest BCUT2D eigenvalue weighted by Crippen LogP contribution is 2.25. The van der Waals surface area contributed by atoms with Crippen LogP contribution in [0.4, 0.5) is 0 Å². The molecule has 6 nitrogen and oxygen atoms in total. The van der Waals surface area contributed by atoms with Crippen LogP contribution in [0.15, 0.2) is 54.6 Å². The van der Waals surface area contributed by atoms with E-state index in [1.165, 1.54) is 0 Å². The van der Waals surface area contributed by atoms with Crippen molar-refractivity contribution in [3.8, 4) is 11.5 Å². The van der Waals surface area contributed by atoms with Gasteiger partial charge in [0.1, 0.15) is 11.5 Å². The van der Waals surface area contributed by atoms with Gasteiger partial charge < -0.3 is 19.9 Å². The summed E-state index contributed by atoms with van der Waals surface area (Å²) in [6.45, 7) is 0.635. The Morgan fingerprint density at radius 3 is 2.56 bits per heavy atom. The van der Waals surface area contributed by atoms with Crippen LogP contribution in [-0.2, 0) is 9.53 Å². The molecule has 1 amide bonds. The third-order valence-corrected chi connectivity index (χ3v) is 4.05. The molecule has 1 aliphatic rings. The lowest BCUT2D eigenvalue weighted by molar-refractivity contribution is -0.138. The second-order valence-electron chi connectivity index (χ2n) is 6.05. The number of hydrogen-bond acceptors (Lipinski definition) is 4. The van der Waals surface area contributed by atoms with Gasteiger partial charge >= 0.3 is 5.97 Å². The van der Waals surface area contributed by atoms with Gasteiger partial charge in [0.25, 0.3) is 5.91 Å². The second kappa shape index (κ2) is 7.36. The molecule has 0 radical (unpaired) electrons. The van der Waals surface area contributed by atoms with E-state index < -0.39 is 11.5 Å². The smallest absolute Gasteiger partial charge is 0.305 e. The third-order valence-electron chi connectivity index (χ3n) is 4.05. The standard InChI is InChI=1S/C19H19NO5/c21-17(22)12-19(9-10-24-13-19)20-18(23)14-5-4-8-16(11-14)25-15-6-2-1-3-7-15/h1-8,11H,9-10,12-13H2,(H,20,23)(H,21,22). The Balaban J connectivity index is 1.73. The van der Waals surface area contributed by atoms with Crippen LogP contribution in [0.2, 0.25) is 0 Å². The number of hydrogen-bond donors (Lipinski definition) is 2. The number of nitrogens with one attached hydrogen (secondary N) is 1. The van der Waals surface area contributed by atoms with Gasteiger partial charge in [-0.3, -0.25) is 9.59 Å². The third kappa shape index (κ3) is 4.36. The number of benzene rings is 2. The molecule has 1 heterocycles. The van der Waals surface area contributed by atoms with Gasteiger partial charge in [0.2, 0.25) is 0 Å². The van der Waals surface area contributed by atoms with Crippen molar-refractivity contribution in [1.82, 2.24) is 5.32 Å². The molecule has 25 heavy (non-hydrogen) atoms. The maximum Gasteiger partial charge on any atom is 0.305 e. The molecule has 0 spiro atoms. The predicted octanol–water partition coefficient (Wildman–Crippen LogP) is 2.84. The molecule has 0 aliphatic carbocycles. The number of carboxylic acids is 1. The van der Waals surface area contributed by atoms with Crippen molar-refractivity contribution in [2.45, 2.75) is 18.4 Å². The van der Waals surface area contributed by atoms with Crippen LogP contribution in [0.3, 0.4) is 0 Å². The fourth-order valence-electron chi connectivity index (χ4n) is 2.82. The molecule has 1 saturated heterocycles. The fourth-order valence-corrected chi connectivity index (χ4v) is 2.82. The maximum atomic E-state index is 12.6. The molecule has 2 aromatic rings. The number of carboxylic acid groups (broad SMARTS) is 1. The minimum Gasteiger partial charge on any atom is -0.481 e. The predicted molar refractivity (Wildman–Crippen MR) is 90.8 cm³/mol. The quantitative estimate of drug-likeness (QED) is 0.844. The highest BCUT2D eigenvalue weighted by molar-refractivity contribution is 5.95. The van der Waals surface area contributed by atoms with E-state index in [1.54, 1.807) is 24.3 Å². The minimum atomic E-state index is -0.966. The molecule has 0 saturated carbocycles. The van der Waals surface area contributed by atoms with Gasteiger partial charge in [-0.05, 0) is 36.8 Å². The van der Waals surface area contributed by atoms with Gasteiger partial charge in [-0.15, -0.1) is 0 Å². The van der Waals surface area contributed by atoms with E-state index in [-0.39, 0.29) is 18.9 Å². The Bertz CT molecular complexity index is 753. The number of carbonyl (C=O) groups excluding carboxylic acids is 1. The van der Waals surface area contributed by atoms with Crippen molar-refractivity contribution in [2.24, 2.45) is 0 Å². The van der Waals surface area contributed by atoms with Gasteiger partial charge in [0, 0.05) is 12.2 Å². The highest BCUT2D eigenvalue weighted by Gasteiger charge is 2.38. The lowest BCUT2D eigenvalue weighted by atomic mass is 9.93. The molecule has 0 bridgehead atoms. The summed E-state index contributed by atoms with van der Waals surface area (Å²) in [6, 6.07) is 16.0. The van der Waals surface area contributed by atoms with Crippen molar-refractivity contribution in [1.29, 1.82) is 0 Å². The monoisotopic (exact) mass is 341 g/mol. The summed E-state index contributed by atoms with van der Waals surface area (Å²) in [4.78, 5) is 23.7. The molecular formula is C19H19NO5. The van der Waals surface area contributed by atoms with Crippen molar-refractivity contribution in [3.63, 3.8) is 0 Å². The van der Waals surface area contributed by atoms with Gasteiger partial charge in [0.15, 0.2) is 0 Å². The summed E-state index contributed by atoms with van der Waals surface area (Å²) in [5, 5.41) is 11.9. The summed E-state index contributed by atoms with van der Waals surface area (Å²) in [7, 11) is 0. The lowest BCUT2D eigenvalue weighted by Crippen LogP contribution is -2.50. The Kier molecular flexibility index (Phi) is 5.00. The van der Waals surface area contributed by atoms with E-state index in [0.29, 0.717) is 30.1 Å². The van der Waals surface area contributed by atoms with Crippen molar-refractivity contribution in [2.75, 3.05) is 13.2 Å². The number of carbonyl (C=O) groups is 2. The van der Waals surface area contributed by atoms with Crippen LogP contribution in [0, 0.1) is 0 Å². The summed E-state index contributed by atoms with van der Waals surface area (Å²) in [5.41, 5.74) is -0.454. The molecule has 1 unspecified atom stereocenters. The second-order valence-corrected chi connectivity index (χ2v) is 6.05. The molecular weight excluding hydrogens is 322 g/mol. The van der Waals surface area contributed by atoms with E-state index in [2.05, 4.69) is 5.32 Å². The normalized spacial score (nSPS) is 19.4. The van der Waals surface area contributed by atoms with Crippen LogP contribution in [0.5, 0.6) is 11.5 Å². The van der Waals surface area contributed by atoms with Crippen molar-refractivity contribution >= 4 is 11.9 Å². The molecule has 6 heteroatoms. The average molecular weight is 341 g/mol. The fraction of sp³-hybridized carbons (Fsp3) is 0.263. The summed E-state index contributed by atoms with van der Waals surface area (Å²) < 4.78 is 11.0. The minimum absolute atomic E-state index is 0.168. The highest BCUT2D eigenvalue weighted by atomic mass is 16.5. The Morgan fingerprint density at radius 2 is 1.88 bits per heavy atom. The Labute approximate surface area is 145 Å². The topological polar surface area (TPSA) is 84.9 Å². The molecule has 1 atom stereocenters. The Hall–Kier alpha value is -2.86. The number of para-hydroxylation sites is 1. The maximum absolute atomic E-state index is 12.6. The molecule has 2 aromatic carbocycles. The molecule has 1 aliphatic heterocycles. The molecule has 2 N–H and O–H groups in total. The lowest BCUT2D eigenvalue weighted by Gasteiger charge is -2.27. The van der Waals surface area contributed by atoms with E-state index in [0.717, 1.165) is 0 Å². The molecule has 130 valence electrons. The number of rotatable bonds is 6. The first-order valence-electron chi connectivity index (χ1n) is 8.01. The first-order chi connectivity index (χ1) is 12.1. The van der Waals surface area contributed by atoms with E-state index >= 15 is 0 Å². The Morgan fingerprint density at radius 1 is 1.12 bits per heavy atom. The van der Waals surface area contributed by atoms with Crippen molar-refractivity contribution < 1.29 is 24.2 Å².